The average molecular weight is 375 g/mol. The minimum absolute atomic E-state index is 0.217. The molecule has 0 unspecified atom stereocenters. The summed E-state index contributed by atoms with van der Waals surface area (Å²) in [6, 6.07) is 6.97. The van der Waals surface area contributed by atoms with Gasteiger partial charge in [0.2, 0.25) is 0 Å². The van der Waals surface area contributed by atoms with Crippen LogP contribution in [0.3, 0.4) is 0 Å². The topological polar surface area (TPSA) is 70.8 Å². The number of amides is 1. The number of rotatable bonds is 3. The Morgan fingerprint density at radius 2 is 1.93 bits per heavy atom. The third-order valence-corrected chi connectivity index (χ3v) is 5.36. The first-order chi connectivity index (χ1) is 12.7. The van der Waals surface area contributed by atoms with Gasteiger partial charge in [-0.15, -0.1) is 0 Å². The lowest BCUT2D eigenvalue weighted by atomic mass is 10.1. The molecule has 1 amide bonds. The highest BCUT2D eigenvalue weighted by Gasteiger charge is 2.30. The normalized spacial score (nSPS) is 21.4. The van der Waals surface area contributed by atoms with Crippen LogP contribution >= 0.6 is 0 Å². The van der Waals surface area contributed by atoms with E-state index in [1.165, 1.54) is 25.7 Å². The SMILES string of the molecule is C[C@@H]1CN(C(=O)OC(C)(C)C)CCN1c1ccc(N)c(NC2CCCC2)c1. The van der Waals surface area contributed by atoms with Crippen molar-refractivity contribution < 1.29 is 9.53 Å². The Balaban J connectivity index is 1.66. The van der Waals surface area contributed by atoms with Crippen molar-refractivity contribution in [1.82, 2.24) is 4.90 Å². The lowest BCUT2D eigenvalue weighted by Gasteiger charge is -2.41. The molecule has 0 bridgehead atoms. The van der Waals surface area contributed by atoms with Gasteiger partial charge in [0.25, 0.3) is 0 Å². The highest BCUT2D eigenvalue weighted by molar-refractivity contribution is 5.73. The molecule has 0 radical (unpaired) electrons. The molecule has 0 aromatic heterocycles. The summed E-state index contributed by atoms with van der Waals surface area (Å²) < 4.78 is 5.52. The predicted molar refractivity (Wildman–Crippen MR) is 111 cm³/mol. The monoisotopic (exact) mass is 374 g/mol. The van der Waals surface area contributed by atoms with Crippen molar-refractivity contribution in [1.29, 1.82) is 0 Å². The van der Waals surface area contributed by atoms with Crippen molar-refractivity contribution in [2.24, 2.45) is 0 Å². The number of benzene rings is 1. The molecule has 1 atom stereocenters. The van der Waals surface area contributed by atoms with Crippen molar-refractivity contribution in [3.8, 4) is 0 Å². The van der Waals surface area contributed by atoms with E-state index in [0.29, 0.717) is 19.1 Å². The molecule has 6 heteroatoms. The Kier molecular flexibility index (Phi) is 5.72. The zero-order valence-corrected chi connectivity index (χ0v) is 17.1. The molecule has 1 heterocycles. The van der Waals surface area contributed by atoms with Crippen LogP contribution in [0.15, 0.2) is 18.2 Å². The summed E-state index contributed by atoms with van der Waals surface area (Å²) in [5.74, 6) is 0. The fraction of sp³-hybridized carbons (Fsp3) is 0.667. The van der Waals surface area contributed by atoms with Crippen molar-refractivity contribution >= 4 is 23.2 Å². The Bertz CT molecular complexity index is 665. The van der Waals surface area contributed by atoms with Gasteiger partial charge in [0.15, 0.2) is 0 Å². The van der Waals surface area contributed by atoms with Crippen LogP contribution in [0.1, 0.15) is 53.4 Å². The summed E-state index contributed by atoms with van der Waals surface area (Å²) in [6.45, 7) is 9.96. The molecule has 150 valence electrons. The number of piperazine rings is 1. The van der Waals surface area contributed by atoms with Gasteiger partial charge in [0, 0.05) is 37.4 Å². The smallest absolute Gasteiger partial charge is 0.410 e. The van der Waals surface area contributed by atoms with Gasteiger partial charge in [-0.25, -0.2) is 4.79 Å². The molecule has 0 spiro atoms. The number of hydrogen-bond donors (Lipinski definition) is 2. The van der Waals surface area contributed by atoms with Crippen LogP contribution in [0.5, 0.6) is 0 Å². The van der Waals surface area contributed by atoms with Gasteiger partial charge < -0.3 is 25.6 Å². The van der Waals surface area contributed by atoms with Crippen LogP contribution in [0, 0.1) is 0 Å². The number of nitrogens with one attached hydrogen (secondary N) is 1. The van der Waals surface area contributed by atoms with Crippen molar-refractivity contribution in [3.05, 3.63) is 18.2 Å². The summed E-state index contributed by atoms with van der Waals surface area (Å²) in [7, 11) is 0. The molecular formula is C21H34N4O2. The Morgan fingerprint density at radius 1 is 1.22 bits per heavy atom. The molecule has 1 saturated heterocycles. The minimum Gasteiger partial charge on any atom is -0.444 e. The number of nitrogens with two attached hydrogens (primary N) is 1. The van der Waals surface area contributed by atoms with E-state index in [-0.39, 0.29) is 12.1 Å². The first-order valence-electron chi connectivity index (χ1n) is 10.1. The molecule has 1 saturated carbocycles. The molecule has 1 aromatic carbocycles. The zero-order chi connectivity index (χ0) is 19.6. The first-order valence-corrected chi connectivity index (χ1v) is 10.1. The molecule has 2 aliphatic rings. The van der Waals surface area contributed by atoms with Crippen molar-refractivity contribution in [2.45, 2.75) is 71.1 Å². The standard InChI is InChI=1S/C21H34N4O2/c1-15-14-24(20(26)27-21(2,3)4)11-12-25(15)17-9-10-18(22)19(13-17)23-16-7-5-6-8-16/h9-10,13,15-16,23H,5-8,11-12,14,22H2,1-4H3/t15-/m1/s1. The number of nitrogens with zero attached hydrogens (tertiary/aromatic N) is 2. The van der Waals surface area contributed by atoms with E-state index in [4.69, 9.17) is 10.5 Å². The number of ether oxygens (including phenoxy) is 1. The first kappa shape index (κ1) is 19.6. The molecular weight excluding hydrogens is 340 g/mol. The molecule has 3 rings (SSSR count). The molecule has 6 nitrogen and oxygen atoms in total. The van der Waals surface area contributed by atoms with Crippen LogP contribution in [0.4, 0.5) is 21.9 Å². The quantitative estimate of drug-likeness (QED) is 0.781. The molecule has 2 fully saturated rings. The molecule has 1 aromatic rings. The summed E-state index contributed by atoms with van der Waals surface area (Å²) in [4.78, 5) is 16.5. The summed E-state index contributed by atoms with van der Waals surface area (Å²) in [5.41, 5.74) is 8.72. The number of hydrogen-bond acceptors (Lipinski definition) is 5. The van der Waals surface area contributed by atoms with Crippen LogP contribution in [-0.2, 0) is 4.74 Å². The molecule has 27 heavy (non-hydrogen) atoms. The van der Waals surface area contributed by atoms with Crippen LogP contribution in [0.2, 0.25) is 0 Å². The number of carbonyl (C=O) groups is 1. The minimum atomic E-state index is -0.463. The van der Waals surface area contributed by atoms with E-state index < -0.39 is 5.60 Å². The molecule has 1 aliphatic carbocycles. The van der Waals surface area contributed by atoms with E-state index >= 15 is 0 Å². The molecule has 1 aliphatic heterocycles. The number of carbonyl (C=O) groups excluding carboxylic acids is 1. The highest BCUT2D eigenvalue weighted by atomic mass is 16.6. The fourth-order valence-corrected chi connectivity index (χ4v) is 3.97. The predicted octanol–water partition coefficient (Wildman–Crippen LogP) is 4.07. The maximum Gasteiger partial charge on any atom is 0.410 e. The number of anilines is 3. The summed E-state index contributed by atoms with van der Waals surface area (Å²) in [6.07, 6.45) is 4.79. The highest BCUT2D eigenvalue weighted by Crippen LogP contribution is 2.31. The van der Waals surface area contributed by atoms with Gasteiger partial charge in [-0.2, -0.15) is 0 Å². The van der Waals surface area contributed by atoms with Crippen molar-refractivity contribution in [2.75, 3.05) is 35.6 Å². The largest absolute Gasteiger partial charge is 0.444 e. The van der Waals surface area contributed by atoms with Gasteiger partial charge in [0.1, 0.15) is 5.60 Å². The van der Waals surface area contributed by atoms with Gasteiger partial charge in [-0.1, -0.05) is 12.8 Å². The van der Waals surface area contributed by atoms with E-state index in [1.54, 1.807) is 4.90 Å². The Labute approximate surface area is 163 Å². The zero-order valence-electron chi connectivity index (χ0n) is 17.1. The molecule has 3 N–H and O–H groups in total. The van der Waals surface area contributed by atoms with Crippen LogP contribution in [0.25, 0.3) is 0 Å². The third-order valence-electron chi connectivity index (χ3n) is 5.36. The maximum absolute atomic E-state index is 12.4. The number of nitrogen functional groups attached to an aromatic ring is 1. The second-order valence-electron chi connectivity index (χ2n) is 8.87. The van der Waals surface area contributed by atoms with Gasteiger partial charge in [0.05, 0.1) is 11.4 Å². The third kappa shape index (κ3) is 4.99. The van der Waals surface area contributed by atoms with Crippen LogP contribution < -0.4 is 16.0 Å². The average Bonchev–Trinajstić information content (AvgIpc) is 3.08. The lowest BCUT2D eigenvalue weighted by molar-refractivity contribution is 0.0219. The Morgan fingerprint density at radius 3 is 2.56 bits per heavy atom. The fourth-order valence-electron chi connectivity index (χ4n) is 3.97. The second kappa shape index (κ2) is 7.87. The van der Waals surface area contributed by atoms with E-state index in [9.17, 15) is 4.79 Å². The summed E-state index contributed by atoms with van der Waals surface area (Å²) >= 11 is 0. The van der Waals surface area contributed by atoms with E-state index in [1.807, 2.05) is 26.8 Å². The van der Waals surface area contributed by atoms with Crippen molar-refractivity contribution in [3.63, 3.8) is 0 Å². The maximum atomic E-state index is 12.4. The second-order valence-corrected chi connectivity index (χ2v) is 8.87. The van der Waals surface area contributed by atoms with Gasteiger partial charge in [-0.3, -0.25) is 0 Å². The lowest BCUT2D eigenvalue weighted by Crippen LogP contribution is -2.54. The summed E-state index contributed by atoms with van der Waals surface area (Å²) in [5, 5.41) is 3.62. The van der Waals surface area contributed by atoms with Gasteiger partial charge >= 0.3 is 6.09 Å². The van der Waals surface area contributed by atoms with E-state index in [2.05, 4.69) is 29.3 Å². The Hall–Kier alpha value is -2.11. The van der Waals surface area contributed by atoms with Crippen LogP contribution in [-0.4, -0.2) is 48.3 Å². The van der Waals surface area contributed by atoms with E-state index in [0.717, 1.165) is 23.6 Å². The van der Waals surface area contributed by atoms with Gasteiger partial charge in [-0.05, 0) is 58.7 Å².